The van der Waals surface area contributed by atoms with E-state index in [2.05, 4.69) is 26.0 Å². The van der Waals surface area contributed by atoms with Crippen molar-refractivity contribution in [1.82, 2.24) is 0 Å². The molecule has 1 spiro atoms. The molecular weight excluding hydrogens is 200 g/mol. The van der Waals surface area contributed by atoms with Gasteiger partial charge in [-0.2, -0.15) is 0 Å². The Kier molecular flexibility index (Phi) is 2.85. The normalized spacial score (nSPS) is 30.8. The van der Waals surface area contributed by atoms with Gasteiger partial charge in [0.1, 0.15) is 0 Å². The van der Waals surface area contributed by atoms with Crippen molar-refractivity contribution in [2.24, 2.45) is 16.7 Å². The third-order valence-electron chi connectivity index (χ3n) is 4.77. The summed E-state index contributed by atoms with van der Waals surface area (Å²) in [4.78, 5) is 11.1. The van der Waals surface area contributed by atoms with Crippen molar-refractivity contribution in [2.75, 3.05) is 0 Å². The summed E-state index contributed by atoms with van der Waals surface area (Å²) in [6.07, 6.45) is 10.7. The Morgan fingerprint density at radius 2 is 1.94 bits per heavy atom. The predicted octanol–water partition coefficient (Wildman–Crippen LogP) is 3.62. The van der Waals surface area contributed by atoms with E-state index in [1.807, 2.05) is 0 Å². The molecule has 0 bridgehead atoms. The zero-order valence-electron chi connectivity index (χ0n) is 10.3. The molecule has 1 unspecified atom stereocenters. The summed E-state index contributed by atoms with van der Waals surface area (Å²) >= 11 is 0. The van der Waals surface area contributed by atoms with E-state index >= 15 is 0 Å². The maximum atomic E-state index is 11.1. The van der Waals surface area contributed by atoms with Crippen LogP contribution in [0, 0.1) is 16.7 Å². The SMILES string of the molecule is CC1(C)CCCC2(CC=CC2)C1CC(=O)O. The minimum absolute atomic E-state index is 0.183. The van der Waals surface area contributed by atoms with Crippen LogP contribution >= 0.6 is 0 Å². The molecule has 0 saturated heterocycles. The molecular formula is C14H22O2. The van der Waals surface area contributed by atoms with E-state index in [1.165, 1.54) is 19.3 Å². The average molecular weight is 222 g/mol. The summed E-state index contributed by atoms with van der Waals surface area (Å²) in [5, 5.41) is 9.12. The van der Waals surface area contributed by atoms with E-state index in [0.717, 1.165) is 12.8 Å². The molecule has 2 heteroatoms. The first-order valence-corrected chi connectivity index (χ1v) is 6.33. The van der Waals surface area contributed by atoms with Gasteiger partial charge >= 0.3 is 5.97 Å². The number of hydrogen-bond acceptors (Lipinski definition) is 1. The lowest BCUT2D eigenvalue weighted by Crippen LogP contribution is -2.43. The van der Waals surface area contributed by atoms with Crippen LogP contribution in [0.2, 0.25) is 0 Å². The molecule has 0 aromatic heterocycles. The number of aliphatic carboxylic acids is 1. The maximum Gasteiger partial charge on any atom is 0.303 e. The minimum atomic E-state index is -0.633. The molecule has 0 amide bonds. The van der Waals surface area contributed by atoms with Gasteiger partial charge in [0.25, 0.3) is 0 Å². The molecule has 0 aromatic carbocycles. The molecule has 0 aliphatic heterocycles. The van der Waals surface area contributed by atoms with Gasteiger partial charge in [-0.25, -0.2) is 0 Å². The molecule has 90 valence electrons. The molecule has 2 rings (SSSR count). The number of carboxylic acid groups (broad SMARTS) is 1. The molecule has 2 aliphatic rings. The van der Waals surface area contributed by atoms with Crippen LogP contribution in [-0.2, 0) is 4.79 Å². The summed E-state index contributed by atoms with van der Waals surface area (Å²) in [6.45, 7) is 4.50. The number of carboxylic acids is 1. The van der Waals surface area contributed by atoms with Gasteiger partial charge < -0.3 is 5.11 Å². The fourth-order valence-corrected chi connectivity index (χ4v) is 3.95. The van der Waals surface area contributed by atoms with Crippen molar-refractivity contribution in [3.05, 3.63) is 12.2 Å². The molecule has 1 fully saturated rings. The number of allylic oxidation sites excluding steroid dienone is 2. The third-order valence-corrected chi connectivity index (χ3v) is 4.77. The first-order valence-electron chi connectivity index (χ1n) is 6.33. The Labute approximate surface area is 97.7 Å². The fraction of sp³-hybridized carbons (Fsp3) is 0.786. The van der Waals surface area contributed by atoms with Crippen molar-refractivity contribution in [2.45, 2.75) is 52.4 Å². The van der Waals surface area contributed by atoms with E-state index in [-0.39, 0.29) is 10.8 Å². The minimum Gasteiger partial charge on any atom is -0.481 e. The summed E-state index contributed by atoms with van der Waals surface area (Å²) in [6, 6.07) is 0. The van der Waals surface area contributed by atoms with Crippen molar-refractivity contribution in [3.63, 3.8) is 0 Å². The molecule has 16 heavy (non-hydrogen) atoms. The van der Waals surface area contributed by atoms with E-state index in [0.29, 0.717) is 12.3 Å². The van der Waals surface area contributed by atoms with Gasteiger partial charge in [-0.3, -0.25) is 4.79 Å². The van der Waals surface area contributed by atoms with Crippen molar-refractivity contribution < 1.29 is 9.90 Å². The van der Waals surface area contributed by atoms with Crippen LogP contribution in [0.15, 0.2) is 12.2 Å². The highest BCUT2D eigenvalue weighted by atomic mass is 16.4. The molecule has 1 N–H and O–H groups in total. The molecule has 0 heterocycles. The lowest BCUT2D eigenvalue weighted by Gasteiger charge is -2.50. The second-order valence-electron chi connectivity index (χ2n) is 6.23. The van der Waals surface area contributed by atoms with Gasteiger partial charge in [0, 0.05) is 6.42 Å². The van der Waals surface area contributed by atoms with Gasteiger partial charge in [-0.1, -0.05) is 32.4 Å². The Balaban J connectivity index is 2.25. The lowest BCUT2D eigenvalue weighted by molar-refractivity contribution is -0.142. The van der Waals surface area contributed by atoms with Crippen molar-refractivity contribution in [3.8, 4) is 0 Å². The van der Waals surface area contributed by atoms with Crippen LogP contribution in [0.3, 0.4) is 0 Å². The monoisotopic (exact) mass is 222 g/mol. The Hall–Kier alpha value is -0.790. The van der Waals surface area contributed by atoms with Crippen LogP contribution in [-0.4, -0.2) is 11.1 Å². The first-order chi connectivity index (χ1) is 7.46. The Morgan fingerprint density at radius 1 is 1.31 bits per heavy atom. The van der Waals surface area contributed by atoms with Crippen LogP contribution in [0.1, 0.15) is 52.4 Å². The molecule has 0 aromatic rings. The second kappa shape index (κ2) is 3.90. The topological polar surface area (TPSA) is 37.3 Å². The molecule has 1 atom stereocenters. The van der Waals surface area contributed by atoms with Gasteiger partial charge in [0.05, 0.1) is 0 Å². The van der Waals surface area contributed by atoms with Crippen molar-refractivity contribution in [1.29, 1.82) is 0 Å². The van der Waals surface area contributed by atoms with Crippen LogP contribution < -0.4 is 0 Å². The van der Waals surface area contributed by atoms with E-state index in [4.69, 9.17) is 5.11 Å². The number of carbonyl (C=O) groups is 1. The molecule has 2 aliphatic carbocycles. The highest BCUT2D eigenvalue weighted by molar-refractivity contribution is 5.67. The Morgan fingerprint density at radius 3 is 2.50 bits per heavy atom. The maximum absolute atomic E-state index is 11.1. The molecule has 1 saturated carbocycles. The third kappa shape index (κ3) is 1.90. The predicted molar refractivity (Wildman–Crippen MR) is 64.2 cm³/mol. The second-order valence-corrected chi connectivity index (χ2v) is 6.23. The van der Waals surface area contributed by atoms with Gasteiger partial charge in [-0.05, 0) is 42.4 Å². The zero-order chi connectivity index (χ0) is 11.8. The van der Waals surface area contributed by atoms with E-state index < -0.39 is 5.97 Å². The average Bonchev–Trinajstić information content (AvgIpc) is 2.61. The van der Waals surface area contributed by atoms with E-state index in [9.17, 15) is 4.79 Å². The van der Waals surface area contributed by atoms with E-state index in [1.54, 1.807) is 0 Å². The fourth-order valence-electron chi connectivity index (χ4n) is 3.95. The first kappa shape index (κ1) is 11.7. The summed E-state index contributed by atoms with van der Waals surface area (Å²) < 4.78 is 0. The van der Waals surface area contributed by atoms with Gasteiger partial charge in [0.15, 0.2) is 0 Å². The summed E-state index contributed by atoms with van der Waals surface area (Å²) in [5.74, 6) is -0.299. The van der Waals surface area contributed by atoms with Gasteiger partial charge in [-0.15, -0.1) is 0 Å². The van der Waals surface area contributed by atoms with Crippen LogP contribution in [0.5, 0.6) is 0 Å². The molecule has 0 radical (unpaired) electrons. The van der Waals surface area contributed by atoms with Crippen LogP contribution in [0.25, 0.3) is 0 Å². The van der Waals surface area contributed by atoms with Crippen LogP contribution in [0.4, 0.5) is 0 Å². The standard InChI is InChI=1S/C14H22O2/c1-13(2)6-5-9-14(7-3-4-8-14)11(13)10-12(15)16/h3-4,11H,5-10H2,1-2H3,(H,15,16). The van der Waals surface area contributed by atoms with Gasteiger partial charge in [0.2, 0.25) is 0 Å². The number of rotatable bonds is 2. The number of hydrogen-bond donors (Lipinski definition) is 1. The zero-order valence-corrected chi connectivity index (χ0v) is 10.3. The largest absolute Gasteiger partial charge is 0.481 e. The lowest BCUT2D eigenvalue weighted by atomic mass is 9.54. The summed E-state index contributed by atoms with van der Waals surface area (Å²) in [5.41, 5.74) is 0.447. The highest BCUT2D eigenvalue weighted by Gasteiger charge is 2.49. The van der Waals surface area contributed by atoms with Crippen molar-refractivity contribution >= 4 is 5.97 Å². The Bertz CT molecular complexity index is 307. The highest BCUT2D eigenvalue weighted by Crippen LogP contribution is 2.58. The molecule has 2 nitrogen and oxygen atoms in total. The summed E-state index contributed by atoms with van der Waals surface area (Å²) in [7, 11) is 0. The smallest absolute Gasteiger partial charge is 0.303 e. The quantitative estimate of drug-likeness (QED) is 0.724.